The van der Waals surface area contributed by atoms with Crippen molar-refractivity contribution in [3.8, 4) is 0 Å². The van der Waals surface area contributed by atoms with E-state index in [0.717, 1.165) is 26.2 Å². The Bertz CT molecular complexity index is 298. The first kappa shape index (κ1) is 17.4. The second-order valence-corrected chi connectivity index (χ2v) is 6.67. The first-order chi connectivity index (χ1) is 9.32. The van der Waals surface area contributed by atoms with Gasteiger partial charge in [-0.1, -0.05) is 27.7 Å². The molecular weight excluding hydrogens is 252 g/mol. The first-order valence-electron chi connectivity index (χ1n) is 7.78. The van der Waals surface area contributed by atoms with Crippen LogP contribution in [0.5, 0.6) is 0 Å². The molecule has 0 aliphatic carbocycles. The van der Waals surface area contributed by atoms with Gasteiger partial charge in [0.15, 0.2) is 0 Å². The minimum atomic E-state index is -0.407. The maximum atomic E-state index is 12.0. The van der Waals surface area contributed by atoms with Crippen molar-refractivity contribution in [2.75, 3.05) is 39.8 Å². The highest BCUT2D eigenvalue weighted by Crippen LogP contribution is 2.13. The summed E-state index contributed by atoms with van der Waals surface area (Å²) < 4.78 is 0. The van der Waals surface area contributed by atoms with Crippen molar-refractivity contribution >= 4 is 5.91 Å². The fourth-order valence-corrected chi connectivity index (χ4v) is 2.57. The highest BCUT2D eigenvalue weighted by molar-refractivity contribution is 5.81. The smallest absolute Gasteiger partial charge is 0.237 e. The molecule has 2 atom stereocenters. The van der Waals surface area contributed by atoms with Crippen molar-refractivity contribution in [1.29, 1.82) is 0 Å². The highest BCUT2D eigenvalue weighted by Gasteiger charge is 2.26. The lowest BCUT2D eigenvalue weighted by Gasteiger charge is -2.40. The third kappa shape index (κ3) is 5.04. The molecule has 1 aliphatic rings. The topological polar surface area (TPSA) is 61.6 Å². The van der Waals surface area contributed by atoms with Gasteiger partial charge in [0, 0.05) is 38.8 Å². The third-order valence-corrected chi connectivity index (χ3v) is 4.28. The minimum absolute atomic E-state index is 0.0280. The van der Waals surface area contributed by atoms with Crippen LogP contribution in [0.1, 0.15) is 27.7 Å². The summed E-state index contributed by atoms with van der Waals surface area (Å²) in [6, 6.07) is -0.0117. The second-order valence-electron chi connectivity index (χ2n) is 6.67. The summed E-state index contributed by atoms with van der Waals surface area (Å²) in [6.45, 7) is 13.4. The molecule has 1 heterocycles. The average Bonchev–Trinajstić information content (AvgIpc) is 2.39. The normalized spacial score (nSPS) is 21.2. The molecule has 118 valence electrons. The predicted molar refractivity (Wildman–Crippen MR) is 83.5 cm³/mol. The number of hydrogen-bond donors (Lipinski definition) is 2. The van der Waals surface area contributed by atoms with Crippen LogP contribution >= 0.6 is 0 Å². The van der Waals surface area contributed by atoms with E-state index in [9.17, 15) is 4.79 Å². The van der Waals surface area contributed by atoms with E-state index in [1.54, 1.807) is 0 Å². The zero-order chi connectivity index (χ0) is 15.3. The van der Waals surface area contributed by atoms with Gasteiger partial charge in [-0.15, -0.1) is 0 Å². The number of carbonyl (C=O) groups is 1. The number of rotatable bonds is 6. The van der Waals surface area contributed by atoms with Crippen molar-refractivity contribution in [2.45, 2.75) is 39.8 Å². The van der Waals surface area contributed by atoms with E-state index in [4.69, 9.17) is 5.73 Å². The standard InChI is InChI=1S/C15H32N4O/c1-11(2)13(19-8-6-18(5)7-9-19)10-17-15(20)14(16)12(3)4/h11-14H,6-10,16H2,1-5H3,(H,17,20)/t13?,14-/m1/s1. The fraction of sp³-hybridized carbons (Fsp3) is 0.933. The lowest BCUT2D eigenvalue weighted by molar-refractivity contribution is -0.123. The number of nitrogens with two attached hydrogens (primary N) is 1. The Morgan fingerprint density at radius 3 is 2.10 bits per heavy atom. The summed E-state index contributed by atoms with van der Waals surface area (Å²) in [5, 5.41) is 3.03. The molecule has 0 aromatic carbocycles. The van der Waals surface area contributed by atoms with Crippen LogP contribution in [-0.2, 0) is 4.79 Å². The largest absolute Gasteiger partial charge is 0.353 e. The quantitative estimate of drug-likeness (QED) is 0.739. The van der Waals surface area contributed by atoms with Crippen LogP contribution in [0.3, 0.4) is 0 Å². The molecule has 5 nitrogen and oxygen atoms in total. The Morgan fingerprint density at radius 2 is 1.65 bits per heavy atom. The van der Waals surface area contributed by atoms with Crippen LogP contribution in [0.15, 0.2) is 0 Å². The molecule has 0 radical (unpaired) electrons. The highest BCUT2D eigenvalue weighted by atomic mass is 16.2. The molecule has 1 amide bonds. The number of nitrogens with one attached hydrogen (secondary N) is 1. The molecule has 0 saturated carbocycles. The zero-order valence-electron chi connectivity index (χ0n) is 13.7. The lowest BCUT2D eigenvalue weighted by Crippen LogP contribution is -2.55. The van der Waals surface area contributed by atoms with Gasteiger partial charge in [0.25, 0.3) is 0 Å². The van der Waals surface area contributed by atoms with E-state index >= 15 is 0 Å². The number of hydrogen-bond acceptors (Lipinski definition) is 4. The van der Waals surface area contributed by atoms with E-state index in [-0.39, 0.29) is 11.8 Å². The zero-order valence-corrected chi connectivity index (χ0v) is 13.7. The van der Waals surface area contributed by atoms with E-state index in [2.05, 4.69) is 36.0 Å². The Balaban J connectivity index is 2.49. The minimum Gasteiger partial charge on any atom is -0.353 e. The molecule has 3 N–H and O–H groups in total. The van der Waals surface area contributed by atoms with E-state index < -0.39 is 6.04 Å². The van der Waals surface area contributed by atoms with Crippen LogP contribution in [0.25, 0.3) is 0 Å². The molecule has 1 saturated heterocycles. The van der Waals surface area contributed by atoms with Gasteiger partial charge >= 0.3 is 0 Å². The summed E-state index contributed by atoms with van der Waals surface area (Å²) in [7, 11) is 2.16. The van der Waals surface area contributed by atoms with Gasteiger partial charge in [-0.3, -0.25) is 9.69 Å². The fourth-order valence-electron chi connectivity index (χ4n) is 2.57. The van der Waals surface area contributed by atoms with Crippen LogP contribution in [0.2, 0.25) is 0 Å². The molecule has 5 heteroatoms. The van der Waals surface area contributed by atoms with Crippen LogP contribution in [0, 0.1) is 11.8 Å². The van der Waals surface area contributed by atoms with Crippen molar-refractivity contribution < 1.29 is 4.79 Å². The lowest BCUT2D eigenvalue weighted by atomic mass is 10.0. The summed E-state index contributed by atoms with van der Waals surface area (Å²) in [4.78, 5) is 16.8. The Kier molecular flexibility index (Phi) is 6.92. The first-order valence-corrected chi connectivity index (χ1v) is 7.78. The average molecular weight is 284 g/mol. The predicted octanol–water partition coefficient (Wildman–Crippen LogP) is 0.358. The molecule has 0 bridgehead atoms. The summed E-state index contributed by atoms with van der Waals surface area (Å²) in [6.07, 6.45) is 0. The molecule has 1 aliphatic heterocycles. The van der Waals surface area contributed by atoms with Crippen LogP contribution in [0.4, 0.5) is 0 Å². The molecule has 1 unspecified atom stereocenters. The van der Waals surface area contributed by atoms with Crippen molar-refractivity contribution in [2.24, 2.45) is 17.6 Å². The summed E-state index contributed by atoms with van der Waals surface area (Å²) in [5.41, 5.74) is 5.89. The molecular formula is C15H32N4O. The van der Waals surface area contributed by atoms with Gasteiger partial charge < -0.3 is 16.0 Å². The number of piperazine rings is 1. The summed E-state index contributed by atoms with van der Waals surface area (Å²) >= 11 is 0. The number of likely N-dealkylation sites (N-methyl/N-ethyl adjacent to an activating group) is 1. The molecule has 0 aromatic heterocycles. The third-order valence-electron chi connectivity index (χ3n) is 4.28. The molecule has 0 spiro atoms. The maximum Gasteiger partial charge on any atom is 0.237 e. The van der Waals surface area contributed by atoms with Crippen LogP contribution in [-0.4, -0.2) is 67.6 Å². The monoisotopic (exact) mass is 284 g/mol. The van der Waals surface area contributed by atoms with E-state index in [0.29, 0.717) is 18.5 Å². The van der Waals surface area contributed by atoms with Crippen molar-refractivity contribution in [1.82, 2.24) is 15.1 Å². The molecule has 20 heavy (non-hydrogen) atoms. The van der Waals surface area contributed by atoms with Crippen molar-refractivity contribution in [3.05, 3.63) is 0 Å². The van der Waals surface area contributed by atoms with E-state index in [1.807, 2.05) is 13.8 Å². The number of nitrogens with zero attached hydrogens (tertiary/aromatic N) is 2. The molecule has 1 rings (SSSR count). The SMILES string of the molecule is CC(C)C(CNC(=O)[C@H](N)C(C)C)N1CCN(C)CC1. The van der Waals surface area contributed by atoms with Gasteiger partial charge in [0.2, 0.25) is 5.91 Å². The van der Waals surface area contributed by atoms with Gasteiger partial charge in [-0.05, 0) is 18.9 Å². The number of carbonyl (C=O) groups excluding carboxylic acids is 1. The molecule has 0 aromatic rings. The Morgan fingerprint density at radius 1 is 1.10 bits per heavy atom. The summed E-state index contributed by atoms with van der Waals surface area (Å²) in [5.74, 6) is 0.671. The molecule has 1 fully saturated rings. The van der Waals surface area contributed by atoms with Gasteiger partial charge in [-0.25, -0.2) is 0 Å². The van der Waals surface area contributed by atoms with Crippen LogP contribution < -0.4 is 11.1 Å². The Labute approximate surface area is 123 Å². The number of amides is 1. The van der Waals surface area contributed by atoms with E-state index in [1.165, 1.54) is 0 Å². The van der Waals surface area contributed by atoms with Gasteiger partial charge in [0.1, 0.15) is 0 Å². The maximum absolute atomic E-state index is 12.0. The van der Waals surface area contributed by atoms with Gasteiger partial charge in [-0.2, -0.15) is 0 Å². The van der Waals surface area contributed by atoms with Crippen molar-refractivity contribution in [3.63, 3.8) is 0 Å². The van der Waals surface area contributed by atoms with Gasteiger partial charge in [0.05, 0.1) is 6.04 Å². The Hall–Kier alpha value is -0.650. The second kappa shape index (κ2) is 7.96.